The van der Waals surface area contributed by atoms with E-state index >= 15 is 0 Å². The first-order valence-corrected chi connectivity index (χ1v) is 2.79. The second-order valence-corrected chi connectivity index (χ2v) is 1.82. The molecular formula is C5H7N5O. The van der Waals surface area contributed by atoms with E-state index in [2.05, 4.69) is 15.1 Å². The zero-order valence-electron chi connectivity index (χ0n) is 5.60. The zero-order valence-corrected chi connectivity index (χ0v) is 5.60. The molecule has 0 aliphatic heterocycles. The minimum Gasteiger partial charge on any atom is -0.409 e. The van der Waals surface area contributed by atoms with E-state index < -0.39 is 0 Å². The lowest BCUT2D eigenvalue weighted by atomic mass is 10.3. The molecule has 0 fully saturated rings. The monoisotopic (exact) mass is 153 g/mol. The Balaban J connectivity index is 2.99. The Morgan fingerprint density at radius 2 is 2.00 bits per heavy atom. The third-order valence-corrected chi connectivity index (χ3v) is 1.08. The van der Waals surface area contributed by atoms with Crippen LogP contribution in [0.1, 0.15) is 5.56 Å². The number of hydrogen-bond donors (Lipinski definition) is 3. The molecule has 0 aliphatic carbocycles. The van der Waals surface area contributed by atoms with Gasteiger partial charge in [0.2, 0.25) is 5.95 Å². The van der Waals surface area contributed by atoms with Crippen LogP contribution in [0.4, 0.5) is 5.95 Å². The molecule has 1 heterocycles. The molecule has 6 heteroatoms. The minimum absolute atomic E-state index is 0.0370. The molecule has 5 N–H and O–H groups in total. The van der Waals surface area contributed by atoms with E-state index in [4.69, 9.17) is 16.7 Å². The van der Waals surface area contributed by atoms with Gasteiger partial charge in [-0.3, -0.25) is 0 Å². The van der Waals surface area contributed by atoms with Crippen molar-refractivity contribution in [3.8, 4) is 0 Å². The van der Waals surface area contributed by atoms with Crippen LogP contribution in [0, 0.1) is 0 Å². The van der Waals surface area contributed by atoms with Crippen molar-refractivity contribution >= 4 is 11.8 Å². The van der Waals surface area contributed by atoms with Crippen molar-refractivity contribution in [2.75, 3.05) is 5.73 Å². The Kier molecular flexibility index (Phi) is 1.86. The second-order valence-electron chi connectivity index (χ2n) is 1.82. The average molecular weight is 153 g/mol. The maximum Gasteiger partial charge on any atom is 0.219 e. The van der Waals surface area contributed by atoms with Crippen molar-refractivity contribution in [1.29, 1.82) is 0 Å². The lowest BCUT2D eigenvalue weighted by Crippen LogP contribution is -2.14. The SMILES string of the molecule is N/C(=N\O)c1cnc(N)nc1. The Morgan fingerprint density at radius 3 is 2.45 bits per heavy atom. The van der Waals surface area contributed by atoms with E-state index in [1.807, 2.05) is 0 Å². The lowest BCUT2D eigenvalue weighted by Gasteiger charge is -1.95. The first-order valence-electron chi connectivity index (χ1n) is 2.79. The van der Waals surface area contributed by atoms with Crippen LogP contribution in [-0.2, 0) is 0 Å². The van der Waals surface area contributed by atoms with Crippen LogP contribution in [0.2, 0.25) is 0 Å². The summed E-state index contributed by atoms with van der Waals surface area (Å²) in [4.78, 5) is 7.29. The summed E-state index contributed by atoms with van der Waals surface area (Å²) in [6.45, 7) is 0. The van der Waals surface area contributed by atoms with Crippen LogP contribution in [-0.4, -0.2) is 21.0 Å². The molecular weight excluding hydrogens is 146 g/mol. The number of amidine groups is 1. The van der Waals surface area contributed by atoms with Crippen LogP contribution in [0.5, 0.6) is 0 Å². The third-order valence-electron chi connectivity index (χ3n) is 1.08. The van der Waals surface area contributed by atoms with Crippen molar-refractivity contribution in [3.63, 3.8) is 0 Å². The minimum atomic E-state index is -0.0370. The first-order chi connectivity index (χ1) is 5.24. The number of nitrogen functional groups attached to an aromatic ring is 1. The highest BCUT2D eigenvalue weighted by Crippen LogP contribution is 1.95. The fourth-order valence-electron chi connectivity index (χ4n) is 0.528. The highest BCUT2D eigenvalue weighted by atomic mass is 16.4. The molecule has 6 nitrogen and oxygen atoms in total. The van der Waals surface area contributed by atoms with Crippen molar-refractivity contribution in [2.45, 2.75) is 0 Å². The van der Waals surface area contributed by atoms with E-state index in [-0.39, 0.29) is 11.8 Å². The first kappa shape index (κ1) is 7.26. The summed E-state index contributed by atoms with van der Waals surface area (Å²) in [7, 11) is 0. The number of hydrogen-bond acceptors (Lipinski definition) is 5. The maximum absolute atomic E-state index is 8.23. The van der Waals surface area contributed by atoms with Crippen LogP contribution < -0.4 is 11.5 Å². The van der Waals surface area contributed by atoms with Gasteiger partial charge in [0, 0.05) is 12.4 Å². The van der Waals surface area contributed by atoms with Crippen LogP contribution >= 0.6 is 0 Å². The molecule has 0 aliphatic rings. The van der Waals surface area contributed by atoms with Crippen molar-refractivity contribution in [2.24, 2.45) is 10.9 Å². The van der Waals surface area contributed by atoms with E-state index in [1.165, 1.54) is 12.4 Å². The van der Waals surface area contributed by atoms with Crippen molar-refractivity contribution in [3.05, 3.63) is 18.0 Å². The lowest BCUT2D eigenvalue weighted by molar-refractivity contribution is 0.318. The maximum atomic E-state index is 8.23. The number of aromatic nitrogens is 2. The fourth-order valence-corrected chi connectivity index (χ4v) is 0.528. The van der Waals surface area contributed by atoms with E-state index in [9.17, 15) is 0 Å². The van der Waals surface area contributed by atoms with E-state index in [1.54, 1.807) is 0 Å². The van der Waals surface area contributed by atoms with E-state index in [0.29, 0.717) is 5.56 Å². The van der Waals surface area contributed by atoms with E-state index in [0.717, 1.165) is 0 Å². The summed E-state index contributed by atoms with van der Waals surface area (Å²) < 4.78 is 0. The zero-order chi connectivity index (χ0) is 8.27. The summed E-state index contributed by atoms with van der Waals surface area (Å²) in [6.07, 6.45) is 2.74. The molecule has 0 atom stereocenters. The number of anilines is 1. The van der Waals surface area contributed by atoms with Gasteiger partial charge in [-0.15, -0.1) is 0 Å². The van der Waals surface area contributed by atoms with Gasteiger partial charge in [0.15, 0.2) is 5.84 Å². The van der Waals surface area contributed by atoms with Crippen molar-refractivity contribution in [1.82, 2.24) is 9.97 Å². The molecule has 0 bridgehead atoms. The molecule has 11 heavy (non-hydrogen) atoms. The second kappa shape index (κ2) is 2.82. The molecule has 0 saturated carbocycles. The smallest absolute Gasteiger partial charge is 0.219 e. The molecule has 1 aromatic rings. The molecule has 0 amide bonds. The quantitative estimate of drug-likeness (QED) is 0.211. The van der Waals surface area contributed by atoms with Crippen LogP contribution in [0.15, 0.2) is 17.5 Å². The van der Waals surface area contributed by atoms with Crippen molar-refractivity contribution < 1.29 is 5.21 Å². The van der Waals surface area contributed by atoms with Gasteiger partial charge in [-0.1, -0.05) is 5.16 Å². The van der Waals surface area contributed by atoms with Gasteiger partial charge in [0.25, 0.3) is 0 Å². The molecule has 0 unspecified atom stereocenters. The summed E-state index contributed by atoms with van der Waals surface area (Å²) >= 11 is 0. The molecule has 1 aromatic heterocycles. The van der Waals surface area contributed by atoms with Gasteiger partial charge in [-0.05, 0) is 0 Å². The van der Waals surface area contributed by atoms with Gasteiger partial charge < -0.3 is 16.7 Å². The van der Waals surface area contributed by atoms with Gasteiger partial charge in [-0.2, -0.15) is 0 Å². The predicted octanol–water partition coefficient (Wildman–Crippen LogP) is -0.847. The largest absolute Gasteiger partial charge is 0.409 e. The molecule has 0 spiro atoms. The van der Waals surface area contributed by atoms with Gasteiger partial charge >= 0.3 is 0 Å². The number of nitrogens with zero attached hydrogens (tertiary/aromatic N) is 3. The number of nitrogens with two attached hydrogens (primary N) is 2. The predicted molar refractivity (Wildman–Crippen MR) is 39.0 cm³/mol. The molecule has 1 rings (SSSR count). The Morgan fingerprint density at radius 1 is 1.45 bits per heavy atom. The Bertz CT molecular complexity index is 267. The highest BCUT2D eigenvalue weighted by Gasteiger charge is 1.98. The average Bonchev–Trinajstić information content (AvgIpc) is 2.05. The molecule has 0 radical (unpaired) electrons. The normalized spacial score (nSPS) is 11.5. The molecule has 0 aromatic carbocycles. The number of oxime groups is 1. The summed E-state index contributed by atoms with van der Waals surface area (Å²) in [6, 6.07) is 0. The topological polar surface area (TPSA) is 110 Å². The molecule has 0 saturated heterocycles. The van der Waals surface area contributed by atoms with Gasteiger partial charge in [0.1, 0.15) is 0 Å². The highest BCUT2D eigenvalue weighted by molar-refractivity contribution is 5.96. The van der Waals surface area contributed by atoms with Gasteiger partial charge in [-0.25, -0.2) is 9.97 Å². The summed E-state index contributed by atoms with van der Waals surface area (Å²) in [5.74, 6) is 0.115. The van der Waals surface area contributed by atoms with Crippen LogP contribution in [0.3, 0.4) is 0 Å². The summed E-state index contributed by atoms with van der Waals surface area (Å²) in [5.41, 5.74) is 10.9. The third kappa shape index (κ3) is 1.54. The number of rotatable bonds is 1. The Hall–Kier alpha value is -1.85. The van der Waals surface area contributed by atoms with Crippen LogP contribution in [0.25, 0.3) is 0 Å². The fraction of sp³-hybridized carbons (Fsp3) is 0. The standard InChI is InChI=1S/C5H7N5O/c6-4(10-11)3-1-8-5(7)9-2-3/h1-2,11H,(H2,6,10)(H2,7,8,9). The van der Waals surface area contributed by atoms with Gasteiger partial charge in [0.05, 0.1) is 5.56 Å². The summed E-state index contributed by atoms with van der Waals surface area (Å²) in [5, 5.41) is 11.0. The molecule has 58 valence electrons. The Labute approximate surface area is 62.6 Å².